The topological polar surface area (TPSA) is 77.1 Å². The van der Waals surface area contributed by atoms with Crippen LogP contribution in [0.4, 0.5) is 0 Å². The summed E-state index contributed by atoms with van der Waals surface area (Å²) in [6.45, 7) is 2.47. The summed E-state index contributed by atoms with van der Waals surface area (Å²) in [5.41, 5.74) is 6.85. The number of benzene rings is 1. The first-order valence-corrected chi connectivity index (χ1v) is 5.45. The van der Waals surface area contributed by atoms with Gasteiger partial charge in [-0.2, -0.15) is 0 Å². The number of nitrogens with zero attached hydrogens (tertiary/aromatic N) is 1. The van der Waals surface area contributed by atoms with Gasteiger partial charge in [-0.3, -0.25) is 0 Å². The van der Waals surface area contributed by atoms with Gasteiger partial charge in [-0.1, -0.05) is 6.07 Å². The molecule has 1 rings (SSSR count). The molecule has 1 unspecified atom stereocenters. The van der Waals surface area contributed by atoms with E-state index in [9.17, 15) is 0 Å². The molecule has 0 aliphatic carbocycles. The third kappa shape index (κ3) is 3.64. The minimum Gasteiger partial charge on any atom is -0.493 e. The van der Waals surface area contributed by atoms with Gasteiger partial charge in [-0.05, 0) is 24.6 Å². The van der Waals surface area contributed by atoms with Crippen LogP contribution >= 0.6 is 0 Å². The average Bonchev–Trinajstić information content (AvgIpc) is 2.36. The molecule has 0 radical (unpaired) electrons. The van der Waals surface area contributed by atoms with Crippen molar-refractivity contribution in [3.05, 3.63) is 23.8 Å². The van der Waals surface area contributed by atoms with Gasteiger partial charge >= 0.3 is 0 Å². The summed E-state index contributed by atoms with van der Waals surface area (Å²) in [5, 5.41) is 11.3. The Hall–Kier alpha value is -1.75. The Kier molecular flexibility index (Phi) is 5.29. The van der Waals surface area contributed by atoms with Gasteiger partial charge in [0.1, 0.15) is 0 Å². The van der Waals surface area contributed by atoms with Crippen LogP contribution in [0.5, 0.6) is 11.5 Å². The lowest BCUT2D eigenvalue weighted by atomic mass is 10.0. The largest absolute Gasteiger partial charge is 0.493 e. The molecular weight excluding hydrogens is 220 g/mol. The van der Waals surface area contributed by atoms with Crippen molar-refractivity contribution in [1.29, 1.82) is 0 Å². The molecule has 0 heterocycles. The molecule has 0 bridgehead atoms. The summed E-state index contributed by atoms with van der Waals surface area (Å²) in [5.74, 6) is 1.35. The van der Waals surface area contributed by atoms with Crippen molar-refractivity contribution in [2.24, 2.45) is 10.9 Å². The second kappa shape index (κ2) is 6.75. The first kappa shape index (κ1) is 13.3. The highest BCUT2D eigenvalue weighted by Gasteiger charge is 2.10. The molecule has 5 nitrogen and oxygen atoms in total. The Bertz CT molecular complexity index is 380. The quantitative estimate of drug-likeness (QED) is 0.451. The molecule has 0 saturated carbocycles. The smallest absolute Gasteiger partial charge is 0.161 e. The molecule has 0 aliphatic rings. The maximum absolute atomic E-state index is 8.35. The normalized spacial score (nSPS) is 12.6. The van der Waals surface area contributed by atoms with Crippen LogP contribution in [0.2, 0.25) is 0 Å². The molecule has 5 heteroatoms. The third-order valence-corrected chi connectivity index (χ3v) is 2.36. The Morgan fingerprint density at radius 3 is 2.82 bits per heavy atom. The van der Waals surface area contributed by atoms with Crippen LogP contribution in [0.3, 0.4) is 0 Å². The predicted molar refractivity (Wildman–Crippen MR) is 66.0 cm³/mol. The average molecular weight is 238 g/mol. The molecule has 0 amide bonds. The third-order valence-electron chi connectivity index (χ3n) is 2.36. The van der Waals surface area contributed by atoms with E-state index < -0.39 is 0 Å². The first-order valence-electron chi connectivity index (χ1n) is 5.45. The summed E-state index contributed by atoms with van der Waals surface area (Å²) < 4.78 is 10.6. The number of ether oxygens (including phenoxy) is 2. The SMILES string of the molecule is CCOc1cc(C(N)C/C=N/O)ccc1OC. The van der Waals surface area contributed by atoms with Crippen molar-refractivity contribution in [1.82, 2.24) is 0 Å². The molecule has 0 aliphatic heterocycles. The molecular formula is C12H18N2O3. The molecule has 1 aromatic rings. The lowest BCUT2D eigenvalue weighted by Crippen LogP contribution is -2.11. The van der Waals surface area contributed by atoms with Crippen LogP contribution in [0.1, 0.15) is 24.9 Å². The van der Waals surface area contributed by atoms with Crippen molar-refractivity contribution in [3.8, 4) is 11.5 Å². The lowest BCUT2D eigenvalue weighted by Gasteiger charge is -2.14. The highest BCUT2D eigenvalue weighted by atomic mass is 16.5. The van der Waals surface area contributed by atoms with E-state index in [1.165, 1.54) is 6.21 Å². The van der Waals surface area contributed by atoms with Gasteiger partial charge in [0, 0.05) is 18.7 Å². The van der Waals surface area contributed by atoms with Gasteiger partial charge < -0.3 is 20.4 Å². The van der Waals surface area contributed by atoms with Gasteiger partial charge in [0.2, 0.25) is 0 Å². The fraction of sp³-hybridized carbons (Fsp3) is 0.417. The van der Waals surface area contributed by atoms with E-state index in [0.717, 1.165) is 5.56 Å². The van der Waals surface area contributed by atoms with Crippen LogP contribution in [-0.4, -0.2) is 25.1 Å². The zero-order valence-corrected chi connectivity index (χ0v) is 10.1. The van der Waals surface area contributed by atoms with Gasteiger partial charge in [0.05, 0.1) is 13.7 Å². The van der Waals surface area contributed by atoms with Crippen molar-refractivity contribution in [2.75, 3.05) is 13.7 Å². The Morgan fingerprint density at radius 1 is 1.47 bits per heavy atom. The molecule has 1 atom stereocenters. The minimum atomic E-state index is -0.226. The van der Waals surface area contributed by atoms with E-state index in [1.807, 2.05) is 25.1 Å². The molecule has 0 spiro atoms. The van der Waals surface area contributed by atoms with Gasteiger partial charge in [0.25, 0.3) is 0 Å². The Labute approximate surface area is 101 Å². The number of oxime groups is 1. The second-order valence-corrected chi connectivity index (χ2v) is 3.48. The number of methoxy groups -OCH3 is 1. The maximum atomic E-state index is 8.35. The van der Waals surface area contributed by atoms with Crippen molar-refractivity contribution >= 4 is 6.21 Å². The molecule has 0 fully saturated rings. The van der Waals surface area contributed by atoms with E-state index in [0.29, 0.717) is 24.5 Å². The Balaban J connectivity index is 2.90. The van der Waals surface area contributed by atoms with Gasteiger partial charge in [-0.25, -0.2) is 0 Å². The highest BCUT2D eigenvalue weighted by Crippen LogP contribution is 2.30. The zero-order chi connectivity index (χ0) is 12.7. The number of hydrogen-bond acceptors (Lipinski definition) is 5. The zero-order valence-electron chi connectivity index (χ0n) is 10.1. The van der Waals surface area contributed by atoms with E-state index in [2.05, 4.69) is 5.16 Å². The van der Waals surface area contributed by atoms with Crippen molar-refractivity contribution in [2.45, 2.75) is 19.4 Å². The fourth-order valence-corrected chi connectivity index (χ4v) is 1.49. The van der Waals surface area contributed by atoms with Gasteiger partial charge in [-0.15, -0.1) is 5.16 Å². The summed E-state index contributed by atoms with van der Waals surface area (Å²) in [6.07, 6.45) is 1.84. The molecule has 0 saturated heterocycles. The van der Waals surface area contributed by atoms with E-state index in [-0.39, 0.29) is 6.04 Å². The van der Waals surface area contributed by atoms with E-state index in [4.69, 9.17) is 20.4 Å². The van der Waals surface area contributed by atoms with Crippen LogP contribution in [0.25, 0.3) is 0 Å². The Morgan fingerprint density at radius 2 is 2.24 bits per heavy atom. The number of nitrogens with two attached hydrogens (primary N) is 1. The van der Waals surface area contributed by atoms with E-state index in [1.54, 1.807) is 7.11 Å². The van der Waals surface area contributed by atoms with Gasteiger partial charge in [0.15, 0.2) is 11.5 Å². The van der Waals surface area contributed by atoms with Crippen LogP contribution in [0, 0.1) is 0 Å². The highest BCUT2D eigenvalue weighted by molar-refractivity contribution is 5.58. The lowest BCUT2D eigenvalue weighted by molar-refractivity contribution is 0.310. The summed E-state index contributed by atoms with van der Waals surface area (Å²) in [4.78, 5) is 0. The molecule has 1 aromatic carbocycles. The number of hydrogen-bond donors (Lipinski definition) is 2. The second-order valence-electron chi connectivity index (χ2n) is 3.48. The summed E-state index contributed by atoms with van der Waals surface area (Å²) in [6, 6.07) is 5.31. The van der Waals surface area contributed by atoms with Crippen molar-refractivity contribution < 1.29 is 14.7 Å². The van der Waals surface area contributed by atoms with E-state index >= 15 is 0 Å². The minimum absolute atomic E-state index is 0.226. The maximum Gasteiger partial charge on any atom is 0.161 e. The molecule has 94 valence electrons. The standard InChI is InChI=1S/C12H18N2O3/c1-3-17-12-8-9(4-5-11(12)16-2)10(13)6-7-14-15/h4-5,7-8,10,15H,3,6,13H2,1-2H3/b14-7+. The molecule has 17 heavy (non-hydrogen) atoms. The van der Waals surface area contributed by atoms with Crippen LogP contribution in [0.15, 0.2) is 23.4 Å². The predicted octanol–water partition coefficient (Wildman–Crippen LogP) is 1.94. The summed E-state index contributed by atoms with van der Waals surface area (Å²) >= 11 is 0. The summed E-state index contributed by atoms with van der Waals surface area (Å²) in [7, 11) is 1.59. The fourth-order valence-electron chi connectivity index (χ4n) is 1.49. The first-order chi connectivity index (χ1) is 8.22. The molecule has 0 aromatic heterocycles. The molecule has 3 N–H and O–H groups in total. The monoisotopic (exact) mass is 238 g/mol. The van der Waals surface area contributed by atoms with Crippen LogP contribution < -0.4 is 15.2 Å². The van der Waals surface area contributed by atoms with Crippen molar-refractivity contribution in [3.63, 3.8) is 0 Å². The van der Waals surface area contributed by atoms with Crippen LogP contribution in [-0.2, 0) is 0 Å². The number of rotatable bonds is 6.